The van der Waals surface area contributed by atoms with Crippen LogP contribution in [0.2, 0.25) is 39.3 Å². The molecule has 45 heavy (non-hydrogen) atoms. The number of alkyl halides is 2. The van der Waals surface area contributed by atoms with E-state index in [1.165, 1.54) is 14.3 Å². The van der Waals surface area contributed by atoms with Crippen molar-refractivity contribution in [1.82, 2.24) is 0 Å². The minimum atomic E-state index is -1.67. The first-order valence-electron chi connectivity index (χ1n) is 15.1. The fraction of sp³-hybridized carbons (Fsp3) is 0.316. The van der Waals surface area contributed by atoms with E-state index in [2.05, 4.69) is 109 Å². The van der Waals surface area contributed by atoms with Crippen molar-refractivity contribution in [2.24, 2.45) is 0 Å². The maximum absolute atomic E-state index is 13.1. The summed E-state index contributed by atoms with van der Waals surface area (Å²) in [6.45, 7) is 13.3. The molecule has 7 heteroatoms. The van der Waals surface area contributed by atoms with Gasteiger partial charge in [-0.3, -0.25) is 9.59 Å². The average molecular weight is 782 g/mol. The van der Waals surface area contributed by atoms with Gasteiger partial charge in [0.15, 0.2) is 5.78 Å². The minimum absolute atomic E-state index is 0.178. The zero-order chi connectivity index (χ0) is 33.2. The van der Waals surface area contributed by atoms with Crippen LogP contribution in [0.4, 0.5) is 0 Å². The monoisotopic (exact) mass is 780 g/mol. The van der Waals surface area contributed by atoms with Gasteiger partial charge in [0.2, 0.25) is 5.78 Å². The van der Waals surface area contributed by atoms with Crippen molar-refractivity contribution < 1.29 is 9.59 Å². The first-order valence-corrected chi connectivity index (χ1v) is 24.2. The van der Waals surface area contributed by atoms with Crippen molar-refractivity contribution in [3.63, 3.8) is 0 Å². The summed E-state index contributed by atoms with van der Waals surface area (Å²) in [5.41, 5.74) is 9.70. The van der Waals surface area contributed by atoms with Gasteiger partial charge in [-0.15, -0.1) is 28.7 Å². The molecule has 0 saturated heterocycles. The van der Waals surface area contributed by atoms with Crippen molar-refractivity contribution in [3.05, 3.63) is 86.0 Å². The molecule has 4 rings (SSSR count). The van der Waals surface area contributed by atoms with E-state index in [-0.39, 0.29) is 11.6 Å². The number of hydrogen-bond donors (Lipinski definition) is 0. The van der Waals surface area contributed by atoms with Gasteiger partial charge in [0.05, 0.1) is 8.07 Å². The summed E-state index contributed by atoms with van der Waals surface area (Å²) >= 11 is 13.9. The molecule has 0 saturated carbocycles. The van der Waals surface area contributed by atoms with Gasteiger partial charge in [0.25, 0.3) is 0 Å². The van der Waals surface area contributed by atoms with Crippen LogP contribution in [-0.4, -0.2) is 39.5 Å². The highest BCUT2D eigenvalue weighted by molar-refractivity contribution is 14.1. The Morgan fingerprint density at radius 2 is 1.49 bits per heavy atom. The van der Waals surface area contributed by atoms with Crippen LogP contribution in [0.1, 0.15) is 56.7 Å². The zero-order valence-corrected chi connectivity index (χ0v) is 32.6. The zero-order valence-electron chi connectivity index (χ0n) is 26.9. The van der Waals surface area contributed by atoms with Crippen LogP contribution in [0.3, 0.4) is 0 Å². The predicted molar refractivity (Wildman–Crippen MR) is 207 cm³/mol. The third kappa shape index (κ3) is 10.2. The molecule has 0 amide bonds. The second-order valence-electron chi connectivity index (χ2n) is 12.8. The lowest BCUT2D eigenvalue weighted by molar-refractivity contribution is 0.104. The maximum Gasteiger partial charge on any atom is 0.236 e. The van der Waals surface area contributed by atoms with E-state index in [9.17, 15) is 9.59 Å². The molecule has 1 aliphatic rings. The molecular weight excluding hydrogens is 742 g/mol. The fourth-order valence-corrected chi connectivity index (χ4v) is 8.99. The van der Waals surface area contributed by atoms with E-state index in [1.54, 1.807) is 6.07 Å². The van der Waals surface area contributed by atoms with Gasteiger partial charge in [0.1, 0.15) is 8.07 Å². The topological polar surface area (TPSA) is 34.1 Å². The number of halogens is 3. The van der Waals surface area contributed by atoms with Crippen molar-refractivity contribution in [1.29, 1.82) is 0 Å². The third-order valence-electron chi connectivity index (χ3n) is 6.89. The predicted octanol–water partition coefficient (Wildman–Crippen LogP) is 9.34. The highest BCUT2D eigenvalue weighted by Crippen LogP contribution is 2.38. The molecule has 232 valence electrons. The minimum Gasteiger partial charge on any atom is -0.289 e. The summed E-state index contributed by atoms with van der Waals surface area (Å²) in [6.07, 6.45) is 3.51. The molecule has 1 aliphatic carbocycles. The van der Waals surface area contributed by atoms with Crippen LogP contribution < -0.4 is 5.19 Å². The number of benzene rings is 3. The summed E-state index contributed by atoms with van der Waals surface area (Å²) in [7, 11) is -3.23. The van der Waals surface area contributed by atoms with Gasteiger partial charge < -0.3 is 0 Å². The fourth-order valence-electron chi connectivity index (χ4n) is 4.97. The summed E-state index contributed by atoms with van der Waals surface area (Å²) in [6, 6.07) is 17.4. The van der Waals surface area contributed by atoms with Crippen LogP contribution in [0.25, 0.3) is 11.1 Å². The van der Waals surface area contributed by atoms with Crippen LogP contribution in [0.5, 0.6) is 0 Å². The van der Waals surface area contributed by atoms with Gasteiger partial charge in [0, 0.05) is 44.0 Å². The van der Waals surface area contributed by atoms with Gasteiger partial charge in [-0.25, -0.2) is 0 Å². The highest BCUT2D eigenvalue weighted by atomic mass is 127. The number of Topliss-reactive ketones (excluding diaryl/α,β-unsaturated/α-hetero) is 1. The summed E-state index contributed by atoms with van der Waals surface area (Å²) in [5, 5.41) is 1.34. The number of fused-ring (bicyclic) bond motifs is 3. The largest absolute Gasteiger partial charge is 0.289 e. The number of carbonyl (C=O) groups is 2. The van der Waals surface area contributed by atoms with E-state index in [0.29, 0.717) is 22.9 Å². The molecule has 0 spiro atoms. The molecule has 0 aromatic heterocycles. The molecule has 3 aromatic carbocycles. The van der Waals surface area contributed by atoms with E-state index in [1.807, 2.05) is 36.4 Å². The summed E-state index contributed by atoms with van der Waals surface area (Å²) < 4.78 is 1.27. The standard InChI is InChI=1S/C19H20ClIOSi.C19H19ClOSi/c1-23(2,3)19-14(9-6-10-20)16(21)11-15-12-7-4-5-8-13(12)18(22)17(15)19;1-22(2,3)16-14-19(21)18-13-9-8-12-17(18)11-7-5-4-6-10-15-20/h4-5,7-8,11H,6,9-10H2,1-3H3;8-9,12-13H,6,10,15H2,1-3H3. The Bertz CT molecular complexity index is 1770. The lowest BCUT2D eigenvalue weighted by Crippen LogP contribution is -2.44. The number of hydrogen-bond acceptors (Lipinski definition) is 2. The lowest BCUT2D eigenvalue weighted by Gasteiger charge is -2.25. The molecule has 0 bridgehead atoms. The van der Waals surface area contributed by atoms with Crippen LogP contribution in [0, 0.1) is 38.7 Å². The SMILES string of the molecule is C[Si](C)(C)C#CC(=O)c1ccccc1C#CC#CCCCCl.C[Si](C)(C)c1c(CCCCl)c(I)cc2c1C(=O)c1ccccc1-2. The Labute approximate surface area is 295 Å². The first-order chi connectivity index (χ1) is 21.3. The molecule has 0 aliphatic heterocycles. The molecule has 0 atom stereocenters. The summed E-state index contributed by atoms with van der Waals surface area (Å²) in [4.78, 5) is 25.3. The summed E-state index contributed by atoms with van der Waals surface area (Å²) in [5.74, 6) is 15.5. The van der Waals surface area contributed by atoms with Crippen molar-refractivity contribution in [2.45, 2.75) is 65.0 Å². The molecule has 3 aromatic rings. The number of unbranched alkanes of at least 4 members (excludes halogenated alkanes) is 1. The van der Waals surface area contributed by atoms with Gasteiger partial charge in [-0.05, 0) is 99.7 Å². The third-order valence-corrected chi connectivity index (χ3v) is 11.3. The number of rotatable bonds is 7. The van der Waals surface area contributed by atoms with E-state index >= 15 is 0 Å². The molecule has 0 unspecified atom stereocenters. The molecule has 0 radical (unpaired) electrons. The lowest BCUT2D eigenvalue weighted by atomic mass is 10.0. The van der Waals surface area contributed by atoms with Crippen molar-refractivity contribution >= 4 is 78.7 Å². The van der Waals surface area contributed by atoms with E-state index in [0.717, 1.165) is 47.9 Å². The second-order valence-corrected chi connectivity index (χ2v) is 24.4. The number of carbonyl (C=O) groups excluding carboxylic acids is 2. The Balaban J connectivity index is 0.000000246. The Morgan fingerprint density at radius 1 is 0.844 bits per heavy atom. The molecule has 2 nitrogen and oxygen atoms in total. The van der Waals surface area contributed by atoms with Crippen molar-refractivity contribution in [2.75, 3.05) is 11.8 Å². The average Bonchev–Trinajstić information content (AvgIpc) is 3.26. The van der Waals surface area contributed by atoms with E-state index in [4.69, 9.17) is 23.2 Å². The molecule has 0 N–H and O–H groups in total. The highest BCUT2D eigenvalue weighted by Gasteiger charge is 2.35. The maximum atomic E-state index is 13.1. The van der Waals surface area contributed by atoms with Crippen molar-refractivity contribution in [3.8, 4) is 46.3 Å². The first kappa shape index (κ1) is 36.9. The van der Waals surface area contributed by atoms with Gasteiger partial charge in [-0.2, -0.15) is 0 Å². The van der Waals surface area contributed by atoms with Gasteiger partial charge >= 0.3 is 0 Å². The molecule has 0 fully saturated rings. The Morgan fingerprint density at radius 3 is 2.13 bits per heavy atom. The Kier molecular flexibility index (Phi) is 13.8. The van der Waals surface area contributed by atoms with Gasteiger partial charge in [-0.1, -0.05) is 87.5 Å². The normalized spacial score (nSPS) is 11.4. The quantitative estimate of drug-likeness (QED) is 0.0468. The molecule has 0 heterocycles. The van der Waals surface area contributed by atoms with Crippen LogP contribution in [0.15, 0.2) is 54.6 Å². The van der Waals surface area contributed by atoms with Crippen LogP contribution in [-0.2, 0) is 6.42 Å². The van der Waals surface area contributed by atoms with Crippen LogP contribution >= 0.6 is 45.8 Å². The Hall–Kier alpha value is -2.58. The smallest absolute Gasteiger partial charge is 0.236 e. The molecular formula is C38H39Cl2IO2Si2. The van der Waals surface area contributed by atoms with E-state index < -0.39 is 16.1 Å². The number of ketones is 2. The second kappa shape index (κ2) is 16.8.